The van der Waals surface area contributed by atoms with Gasteiger partial charge in [-0.25, -0.2) is 9.59 Å². The number of hydrogen-bond acceptors (Lipinski definition) is 4. The van der Waals surface area contributed by atoms with Crippen LogP contribution in [0.2, 0.25) is 0 Å². The van der Waals surface area contributed by atoms with Gasteiger partial charge in [0.15, 0.2) is 0 Å². The van der Waals surface area contributed by atoms with E-state index in [1.807, 2.05) is 22.6 Å². The van der Waals surface area contributed by atoms with Crippen molar-refractivity contribution in [3.8, 4) is 0 Å². The Morgan fingerprint density at radius 3 is 1.86 bits per heavy atom. The van der Waals surface area contributed by atoms with E-state index in [4.69, 9.17) is 9.47 Å². The SMILES string of the molecule is CCOC(=O)C(=CCI)C(=O)OCC. The van der Waals surface area contributed by atoms with Crippen LogP contribution in [0.25, 0.3) is 0 Å². The Hall–Kier alpha value is -0.590. The fraction of sp³-hybridized carbons (Fsp3) is 0.556. The van der Waals surface area contributed by atoms with E-state index in [2.05, 4.69) is 0 Å². The molecule has 14 heavy (non-hydrogen) atoms. The van der Waals surface area contributed by atoms with E-state index in [1.54, 1.807) is 13.8 Å². The summed E-state index contributed by atoms with van der Waals surface area (Å²) in [6, 6.07) is 0. The van der Waals surface area contributed by atoms with Crippen molar-refractivity contribution in [2.45, 2.75) is 13.8 Å². The van der Waals surface area contributed by atoms with E-state index < -0.39 is 11.9 Å². The first-order chi connectivity index (χ1) is 6.67. The molecule has 0 fully saturated rings. The largest absolute Gasteiger partial charge is 0.462 e. The first kappa shape index (κ1) is 13.4. The van der Waals surface area contributed by atoms with Gasteiger partial charge in [0.1, 0.15) is 5.57 Å². The second kappa shape index (κ2) is 7.78. The quantitative estimate of drug-likeness (QED) is 0.193. The van der Waals surface area contributed by atoms with Gasteiger partial charge >= 0.3 is 11.9 Å². The smallest absolute Gasteiger partial charge is 0.345 e. The molecule has 0 saturated heterocycles. The minimum absolute atomic E-state index is 0.0249. The summed E-state index contributed by atoms with van der Waals surface area (Å²) < 4.78 is 9.99. The van der Waals surface area contributed by atoms with E-state index in [0.29, 0.717) is 4.43 Å². The van der Waals surface area contributed by atoms with Crippen LogP contribution in [0.4, 0.5) is 0 Å². The average Bonchev–Trinajstić information content (AvgIpc) is 2.14. The molecule has 0 atom stereocenters. The van der Waals surface area contributed by atoms with Gasteiger partial charge in [-0.3, -0.25) is 0 Å². The van der Waals surface area contributed by atoms with Crippen molar-refractivity contribution in [1.82, 2.24) is 0 Å². The van der Waals surface area contributed by atoms with Crippen molar-refractivity contribution in [2.75, 3.05) is 17.6 Å². The Bertz CT molecular complexity index is 215. The van der Waals surface area contributed by atoms with Crippen LogP contribution in [0.1, 0.15) is 13.8 Å². The predicted molar refractivity (Wildman–Crippen MR) is 60.2 cm³/mol. The van der Waals surface area contributed by atoms with Crippen molar-refractivity contribution in [2.24, 2.45) is 0 Å². The van der Waals surface area contributed by atoms with Gasteiger partial charge < -0.3 is 9.47 Å². The number of rotatable bonds is 5. The Balaban J connectivity index is 4.51. The van der Waals surface area contributed by atoms with Gasteiger partial charge in [-0.1, -0.05) is 28.7 Å². The van der Waals surface area contributed by atoms with Gasteiger partial charge in [0.2, 0.25) is 0 Å². The molecule has 5 heteroatoms. The maximum absolute atomic E-state index is 11.3. The Morgan fingerprint density at radius 2 is 1.57 bits per heavy atom. The highest BCUT2D eigenvalue weighted by Gasteiger charge is 2.19. The molecule has 0 radical (unpaired) electrons. The molecule has 0 spiro atoms. The number of esters is 2. The summed E-state index contributed by atoms with van der Waals surface area (Å²) in [7, 11) is 0. The minimum Gasteiger partial charge on any atom is -0.462 e. The van der Waals surface area contributed by atoms with Crippen LogP contribution < -0.4 is 0 Å². The van der Waals surface area contributed by atoms with Crippen molar-refractivity contribution in [1.29, 1.82) is 0 Å². The average molecular weight is 312 g/mol. The van der Waals surface area contributed by atoms with E-state index in [9.17, 15) is 9.59 Å². The van der Waals surface area contributed by atoms with Gasteiger partial charge in [0, 0.05) is 4.43 Å². The molecule has 0 heterocycles. The van der Waals surface area contributed by atoms with E-state index in [1.165, 1.54) is 6.08 Å². The monoisotopic (exact) mass is 312 g/mol. The maximum Gasteiger partial charge on any atom is 0.345 e. The third-order valence-electron chi connectivity index (χ3n) is 1.27. The lowest BCUT2D eigenvalue weighted by molar-refractivity contribution is -0.146. The molecule has 0 aromatic rings. The molecule has 0 aliphatic rings. The molecule has 0 aliphatic heterocycles. The van der Waals surface area contributed by atoms with Gasteiger partial charge in [0.25, 0.3) is 0 Å². The van der Waals surface area contributed by atoms with Crippen LogP contribution in [-0.4, -0.2) is 29.6 Å². The second-order valence-electron chi connectivity index (χ2n) is 2.21. The lowest BCUT2D eigenvalue weighted by atomic mass is 10.2. The third kappa shape index (κ3) is 4.59. The normalized spacial score (nSPS) is 9.07. The molecule has 0 aliphatic carbocycles. The molecular formula is C9H13IO4. The molecule has 0 rings (SSSR count). The number of alkyl halides is 1. The maximum atomic E-state index is 11.3. The lowest BCUT2D eigenvalue weighted by Gasteiger charge is -2.05. The number of ether oxygens (including phenoxy) is 2. The van der Waals surface area contributed by atoms with Crippen LogP contribution in [-0.2, 0) is 19.1 Å². The Labute approximate surface area is 96.8 Å². The summed E-state index contributed by atoms with van der Waals surface area (Å²) in [5.74, 6) is -1.25. The van der Waals surface area contributed by atoms with Crippen LogP contribution in [0.15, 0.2) is 11.6 Å². The molecule has 0 amide bonds. The van der Waals surface area contributed by atoms with Gasteiger partial charge in [0.05, 0.1) is 13.2 Å². The fourth-order valence-electron chi connectivity index (χ4n) is 0.745. The summed E-state index contributed by atoms with van der Waals surface area (Å²) in [5, 5.41) is 0. The highest BCUT2D eigenvalue weighted by atomic mass is 127. The van der Waals surface area contributed by atoms with E-state index in [0.717, 1.165) is 0 Å². The number of carbonyl (C=O) groups is 2. The van der Waals surface area contributed by atoms with Crippen molar-refractivity contribution < 1.29 is 19.1 Å². The molecule has 0 aromatic carbocycles. The van der Waals surface area contributed by atoms with E-state index >= 15 is 0 Å². The van der Waals surface area contributed by atoms with Crippen LogP contribution in [0.3, 0.4) is 0 Å². The second-order valence-corrected chi connectivity index (χ2v) is 3.09. The standard InChI is InChI=1S/C9H13IO4/c1-3-13-8(11)7(5-6-10)9(12)14-4-2/h5H,3-4,6H2,1-2H3. The summed E-state index contributed by atoms with van der Waals surface area (Å²) in [4.78, 5) is 22.5. The number of allylic oxidation sites excluding steroid dienone is 1. The first-order valence-electron chi connectivity index (χ1n) is 4.27. The third-order valence-corrected chi connectivity index (χ3v) is 1.71. The van der Waals surface area contributed by atoms with Crippen molar-refractivity contribution in [3.05, 3.63) is 11.6 Å². The number of hydrogen-bond donors (Lipinski definition) is 0. The van der Waals surface area contributed by atoms with E-state index in [-0.39, 0.29) is 18.8 Å². The van der Waals surface area contributed by atoms with Crippen LogP contribution >= 0.6 is 22.6 Å². The molecule has 80 valence electrons. The molecule has 0 unspecified atom stereocenters. The molecule has 0 aromatic heterocycles. The summed E-state index contributed by atoms with van der Waals surface area (Å²) in [5.41, 5.74) is -0.0249. The van der Waals surface area contributed by atoms with Crippen molar-refractivity contribution >= 4 is 34.5 Å². The molecule has 0 saturated carbocycles. The number of carbonyl (C=O) groups excluding carboxylic acids is 2. The lowest BCUT2D eigenvalue weighted by Crippen LogP contribution is -2.18. The Morgan fingerprint density at radius 1 is 1.14 bits per heavy atom. The van der Waals surface area contributed by atoms with Gasteiger partial charge in [-0.2, -0.15) is 0 Å². The highest BCUT2D eigenvalue weighted by molar-refractivity contribution is 14.1. The minimum atomic E-state index is -0.623. The molecular weight excluding hydrogens is 299 g/mol. The van der Waals surface area contributed by atoms with Crippen LogP contribution in [0.5, 0.6) is 0 Å². The zero-order valence-corrected chi connectivity index (χ0v) is 10.4. The van der Waals surface area contributed by atoms with Gasteiger partial charge in [-0.15, -0.1) is 0 Å². The molecule has 0 bridgehead atoms. The van der Waals surface area contributed by atoms with Crippen LogP contribution in [0, 0.1) is 0 Å². The first-order valence-corrected chi connectivity index (χ1v) is 5.80. The summed E-state index contributed by atoms with van der Waals surface area (Å²) >= 11 is 2.03. The molecule has 0 N–H and O–H groups in total. The summed E-state index contributed by atoms with van der Waals surface area (Å²) in [6.07, 6.45) is 1.50. The molecule has 4 nitrogen and oxygen atoms in total. The topological polar surface area (TPSA) is 52.6 Å². The zero-order valence-electron chi connectivity index (χ0n) is 8.21. The summed E-state index contributed by atoms with van der Waals surface area (Å²) in [6.45, 7) is 3.86. The zero-order chi connectivity index (χ0) is 11.0. The Kier molecular flexibility index (Phi) is 7.45. The van der Waals surface area contributed by atoms with Crippen molar-refractivity contribution in [3.63, 3.8) is 0 Å². The van der Waals surface area contributed by atoms with Gasteiger partial charge in [-0.05, 0) is 13.8 Å². The fourth-order valence-corrected chi connectivity index (χ4v) is 1.19. The number of halogens is 1. The highest BCUT2D eigenvalue weighted by Crippen LogP contribution is 2.03. The predicted octanol–water partition coefficient (Wildman–Crippen LogP) is 1.47.